The van der Waals surface area contributed by atoms with Crippen LogP contribution >= 0.6 is 12.2 Å². The van der Waals surface area contributed by atoms with Crippen LogP contribution in [0.15, 0.2) is 24.3 Å². The lowest BCUT2D eigenvalue weighted by Crippen LogP contribution is -2.52. The van der Waals surface area contributed by atoms with Gasteiger partial charge >= 0.3 is 0 Å². The molecule has 1 saturated heterocycles. The number of nitrogens with one attached hydrogen (secondary N) is 2. The van der Waals surface area contributed by atoms with Crippen LogP contribution in [0, 0.1) is 0 Å². The Morgan fingerprint density at radius 2 is 2.05 bits per heavy atom. The highest BCUT2D eigenvalue weighted by Gasteiger charge is 2.28. The smallest absolute Gasteiger partial charge is 0.251 e. The van der Waals surface area contributed by atoms with E-state index in [9.17, 15) is 14.4 Å². The van der Waals surface area contributed by atoms with Crippen LogP contribution in [-0.4, -0.2) is 28.8 Å². The van der Waals surface area contributed by atoms with E-state index in [1.807, 2.05) is 0 Å². The van der Waals surface area contributed by atoms with Gasteiger partial charge in [0.1, 0.15) is 11.0 Å². The van der Waals surface area contributed by atoms with E-state index >= 15 is 0 Å². The minimum Gasteiger partial charge on any atom is -0.389 e. The highest BCUT2D eigenvalue weighted by atomic mass is 32.1. The Labute approximate surface area is 120 Å². The number of carbonyl (C=O) groups excluding carboxylic acids is 3. The number of piperidine rings is 1. The normalized spacial score (nSPS) is 18.3. The van der Waals surface area contributed by atoms with Crippen molar-refractivity contribution in [1.82, 2.24) is 10.6 Å². The average Bonchev–Trinajstić information content (AvgIpc) is 2.42. The molecular weight excluding hydrogens is 278 g/mol. The third-order valence-electron chi connectivity index (χ3n) is 2.95. The van der Waals surface area contributed by atoms with E-state index in [2.05, 4.69) is 10.6 Å². The van der Waals surface area contributed by atoms with Gasteiger partial charge in [-0.15, -0.1) is 0 Å². The largest absolute Gasteiger partial charge is 0.389 e. The van der Waals surface area contributed by atoms with Gasteiger partial charge in [-0.1, -0.05) is 24.4 Å². The molecule has 0 aliphatic carbocycles. The van der Waals surface area contributed by atoms with Crippen LogP contribution in [0.3, 0.4) is 0 Å². The van der Waals surface area contributed by atoms with Crippen molar-refractivity contribution in [2.45, 2.75) is 18.9 Å². The maximum absolute atomic E-state index is 12.1. The van der Waals surface area contributed by atoms with Crippen molar-refractivity contribution in [3.63, 3.8) is 0 Å². The molecule has 0 saturated carbocycles. The first-order valence-corrected chi connectivity index (χ1v) is 6.42. The van der Waals surface area contributed by atoms with Crippen LogP contribution in [0.5, 0.6) is 0 Å². The maximum Gasteiger partial charge on any atom is 0.251 e. The molecule has 1 fully saturated rings. The summed E-state index contributed by atoms with van der Waals surface area (Å²) in [5, 5.41) is 4.77. The molecule has 1 atom stereocenters. The number of rotatable bonds is 3. The fraction of sp³-hybridized carbons (Fsp3) is 0.231. The van der Waals surface area contributed by atoms with E-state index in [-0.39, 0.29) is 17.3 Å². The van der Waals surface area contributed by atoms with Gasteiger partial charge in [0.25, 0.3) is 5.91 Å². The van der Waals surface area contributed by atoms with Crippen LogP contribution in [0.1, 0.15) is 28.8 Å². The molecule has 20 heavy (non-hydrogen) atoms. The zero-order valence-electron chi connectivity index (χ0n) is 10.5. The molecule has 1 aromatic carbocycles. The molecule has 104 valence electrons. The minimum atomic E-state index is -0.700. The SMILES string of the molecule is NC(=S)c1cccc(C(=O)NC2CCC(=O)NC2=O)c1. The van der Waals surface area contributed by atoms with Gasteiger partial charge in [0.2, 0.25) is 11.8 Å². The molecule has 6 nitrogen and oxygen atoms in total. The monoisotopic (exact) mass is 291 g/mol. The molecule has 2 rings (SSSR count). The van der Waals surface area contributed by atoms with Crippen molar-refractivity contribution >= 4 is 34.9 Å². The van der Waals surface area contributed by atoms with Gasteiger partial charge in [-0.25, -0.2) is 0 Å². The van der Waals surface area contributed by atoms with Gasteiger partial charge in [-0.05, 0) is 18.6 Å². The first-order chi connectivity index (χ1) is 9.47. The first-order valence-electron chi connectivity index (χ1n) is 6.02. The van der Waals surface area contributed by atoms with E-state index in [0.29, 0.717) is 17.5 Å². The molecule has 0 aromatic heterocycles. The number of imide groups is 1. The maximum atomic E-state index is 12.1. The lowest BCUT2D eigenvalue weighted by atomic mass is 10.0. The zero-order valence-corrected chi connectivity index (χ0v) is 11.3. The summed E-state index contributed by atoms with van der Waals surface area (Å²) in [6, 6.07) is 5.82. The van der Waals surface area contributed by atoms with E-state index in [1.165, 1.54) is 0 Å². The number of nitrogens with two attached hydrogens (primary N) is 1. The van der Waals surface area contributed by atoms with Crippen molar-refractivity contribution in [1.29, 1.82) is 0 Å². The number of benzene rings is 1. The Bertz CT molecular complexity index is 600. The van der Waals surface area contributed by atoms with Crippen molar-refractivity contribution < 1.29 is 14.4 Å². The van der Waals surface area contributed by atoms with Gasteiger partial charge in [-0.2, -0.15) is 0 Å². The molecule has 4 N–H and O–H groups in total. The summed E-state index contributed by atoms with van der Waals surface area (Å²) in [6.45, 7) is 0. The summed E-state index contributed by atoms with van der Waals surface area (Å²) >= 11 is 4.85. The second kappa shape index (κ2) is 5.79. The predicted octanol–water partition coefficient (Wildman–Crippen LogP) is -0.144. The van der Waals surface area contributed by atoms with Crippen molar-refractivity contribution in [3.05, 3.63) is 35.4 Å². The van der Waals surface area contributed by atoms with Crippen molar-refractivity contribution in [2.24, 2.45) is 5.73 Å². The Hall–Kier alpha value is -2.28. The van der Waals surface area contributed by atoms with Crippen LogP contribution in [0.25, 0.3) is 0 Å². The highest BCUT2D eigenvalue weighted by molar-refractivity contribution is 7.80. The molecule has 1 aliphatic rings. The molecule has 0 radical (unpaired) electrons. The molecule has 1 unspecified atom stereocenters. The molecule has 1 heterocycles. The molecule has 7 heteroatoms. The van der Waals surface area contributed by atoms with Crippen LogP contribution in [0.2, 0.25) is 0 Å². The summed E-state index contributed by atoms with van der Waals surface area (Å²) in [4.78, 5) is 34.8. The van der Waals surface area contributed by atoms with E-state index < -0.39 is 17.9 Å². The Morgan fingerprint density at radius 1 is 1.35 bits per heavy atom. The van der Waals surface area contributed by atoms with Gasteiger partial charge in [0.15, 0.2) is 0 Å². The Morgan fingerprint density at radius 3 is 2.70 bits per heavy atom. The number of hydrogen-bond acceptors (Lipinski definition) is 4. The van der Waals surface area contributed by atoms with Crippen molar-refractivity contribution in [3.8, 4) is 0 Å². The third-order valence-corrected chi connectivity index (χ3v) is 3.19. The van der Waals surface area contributed by atoms with Gasteiger partial charge in [0.05, 0.1) is 0 Å². The lowest BCUT2D eigenvalue weighted by Gasteiger charge is -2.21. The van der Waals surface area contributed by atoms with Gasteiger partial charge < -0.3 is 11.1 Å². The molecule has 0 spiro atoms. The molecule has 3 amide bonds. The van der Waals surface area contributed by atoms with Crippen LogP contribution in [-0.2, 0) is 9.59 Å². The van der Waals surface area contributed by atoms with Crippen LogP contribution < -0.4 is 16.4 Å². The Kier molecular flexibility index (Phi) is 4.09. The third kappa shape index (κ3) is 3.18. The number of thiocarbonyl (C=S) groups is 1. The molecule has 1 aliphatic heterocycles. The fourth-order valence-corrected chi connectivity index (χ4v) is 2.01. The summed E-state index contributed by atoms with van der Waals surface area (Å²) in [7, 11) is 0. The van der Waals surface area contributed by atoms with Crippen molar-refractivity contribution in [2.75, 3.05) is 0 Å². The van der Waals surface area contributed by atoms with Gasteiger partial charge in [0, 0.05) is 17.5 Å². The molecule has 1 aromatic rings. The average molecular weight is 291 g/mol. The number of carbonyl (C=O) groups is 3. The number of hydrogen-bond donors (Lipinski definition) is 3. The van der Waals surface area contributed by atoms with E-state index in [1.54, 1.807) is 24.3 Å². The lowest BCUT2D eigenvalue weighted by molar-refractivity contribution is -0.134. The van der Waals surface area contributed by atoms with Gasteiger partial charge in [-0.3, -0.25) is 19.7 Å². The zero-order chi connectivity index (χ0) is 14.7. The Balaban J connectivity index is 2.08. The quantitative estimate of drug-likeness (QED) is 0.531. The highest BCUT2D eigenvalue weighted by Crippen LogP contribution is 2.08. The predicted molar refractivity (Wildman–Crippen MR) is 76.0 cm³/mol. The first kappa shape index (κ1) is 14.1. The number of amides is 3. The summed E-state index contributed by atoms with van der Waals surface area (Å²) < 4.78 is 0. The minimum absolute atomic E-state index is 0.195. The fourth-order valence-electron chi connectivity index (χ4n) is 1.89. The molecular formula is C13H13N3O3S. The topological polar surface area (TPSA) is 101 Å². The van der Waals surface area contributed by atoms with Crippen LogP contribution in [0.4, 0.5) is 0 Å². The second-order valence-electron chi connectivity index (χ2n) is 4.42. The standard InChI is InChI=1S/C13H13N3O3S/c14-11(20)7-2-1-3-8(6-7)12(18)15-9-4-5-10(17)16-13(9)19/h1-3,6,9H,4-5H2,(H2,14,20)(H,15,18)(H,16,17,19). The van der Waals surface area contributed by atoms with E-state index in [4.69, 9.17) is 18.0 Å². The summed E-state index contributed by atoms with van der Waals surface area (Å²) in [5.41, 5.74) is 6.44. The summed E-state index contributed by atoms with van der Waals surface area (Å²) in [5.74, 6) is -1.21. The van der Waals surface area contributed by atoms with E-state index in [0.717, 1.165) is 0 Å². The summed E-state index contributed by atoms with van der Waals surface area (Å²) in [6.07, 6.45) is 0.509. The second-order valence-corrected chi connectivity index (χ2v) is 4.86. The molecule has 0 bridgehead atoms.